The summed E-state index contributed by atoms with van der Waals surface area (Å²) in [5, 5.41) is 2.71. The van der Waals surface area contributed by atoms with Gasteiger partial charge in [-0.15, -0.1) is 0 Å². The normalized spacial score (nSPS) is 11.9. The second kappa shape index (κ2) is 7.19. The molecule has 1 amide bonds. The van der Waals surface area contributed by atoms with E-state index in [4.69, 9.17) is 9.47 Å². The second-order valence-electron chi connectivity index (χ2n) is 6.40. The van der Waals surface area contributed by atoms with E-state index >= 15 is 0 Å². The zero-order valence-electron chi connectivity index (χ0n) is 15.6. The Bertz CT molecular complexity index is 1110. The predicted molar refractivity (Wildman–Crippen MR) is 105 cm³/mol. The largest absolute Gasteiger partial charge is 0.493 e. The number of benzene rings is 2. The molecule has 142 valence electrons. The molecule has 0 saturated carbocycles. The van der Waals surface area contributed by atoms with Gasteiger partial charge in [-0.2, -0.15) is 4.98 Å². The molecule has 0 unspecified atom stereocenters. The molecule has 0 spiro atoms. The van der Waals surface area contributed by atoms with Crippen LogP contribution in [0.5, 0.6) is 11.5 Å². The van der Waals surface area contributed by atoms with Crippen LogP contribution in [0.25, 0.3) is 11.3 Å². The Hall–Kier alpha value is -3.61. The van der Waals surface area contributed by atoms with E-state index in [1.807, 2.05) is 18.2 Å². The van der Waals surface area contributed by atoms with Crippen LogP contribution in [0.1, 0.15) is 15.9 Å². The SMILES string of the molecule is COc1cc2c(cc1OC)-c1cc(NC(=O)c3ccccc3)nc(=O)n1CC2. The van der Waals surface area contributed by atoms with Gasteiger partial charge < -0.3 is 14.8 Å². The minimum absolute atomic E-state index is 0.215. The van der Waals surface area contributed by atoms with Crippen molar-refractivity contribution in [3.8, 4) is 22.8 Å². The lowest BCUT2D eigenvalue weighted by molar-refractivity contribution is 0.102. The van der Waals surface area contributed by atoms with Gasteiger partial charge in [0.15, 0.2) is 11.5 Å². The standard InChI is InChI=1S/C21H19N3O4/c1-27-17-10-14-8-9-24-16(15(14)11-18(17)28-2)12-19(23-21(24)26)22-20(25)13-6-4-3-5-7-13/h3-7,10-12H,8-9H2,1-2H3,(H,22,23,25,26). The molecule has 7 nitrogen and oxygen atoms in total. The fraction of sp³-hybridized carbons (Fsp3) is 0.190. The summed E-state index contributed by atoms with van der Waals surface area (Å²) in [6, 6.07) is 14.3. The molecule has 0 radical (unpaired) electrons. The van der Waals surface area contributed by atoms with Gasteiger partial charge in [-0.25, -0.2) is 4.79 Å². The number of ether oxygens (including phenoxy) is 2. The second-order valence-corrected chi connectivity index (χ2v) is 6.40. The van der Waals surface area contributed by atoms with Crippen LogP contribution >= 0.6 is 0 Å². The van der Waals surface area contributed by atoms with E-state index in [0.29, 0.717) is 35.7 Å². The summed E-state index contributed by atoms with van der Waals surface area (Å²) in [5.41, 5.74) is 2.68. The highest BCUT2D eigenvalue weighted by molar-refractivity contribution is 6.03. The van der Waals surface area contributed by atoms with E-state index in [1.54, 1.807) is 49.1 Å². The number of carbonyl (C=O) groups excluding carboxylic acids is 1. The van der Waals surface area contributed by atoms with Gasteiger partial charge in [0.2, 0.25) is 0 Å². The van der Waals surface area contributed by atoms with Crippen molar-refractivity contribution in [1.29, 1.82) is 0 Å². The van der Waals surface area contributed by atoms with Crippen molar-refractivity contribution in [2.45, 2.75) is 13.0 Å². The number of nitrogens with one attached hydrogen (secondary N) is 1. The van der Waals surface area contributed by atoms with Crippen LogP contribution in [0.3, 0.4) is 0 Å². The number of hydrogen-bond donors (Lipinski definition) is 1. The van der Waals surface area contributed by atoms with Crippen LogP contribution in [-0.2, 0) is 13.0 Å². The molecule has 1 N–H and O–H groups in total. The molecule has 7 heteroatoms. The maximum Gasteiger partial charge on any atom is 0.350 e. The fourth-order valence-electron chi connectivity index (χ4n) is 3.39. The summed E-state index contributed by atoms with van der Waals surface area (Å²) in [4.78, 5) is 29.0. The van der Waals surface area contributed by atoms with Crippen LogP contribution in [0.2, 0.25) is 0 Å². The number of hydrogen-bond acceptors (Lipinski definition) is 5. The average molecular weight is 377 g/mol. The molecule has 4 rings (SSSR count). The van der Waals surface area contributed by atoms with Gasteiger partial charge >= 0.3 is 5.69 Å². The zero-order valence-corrected chi connectivity index (χ0v) is 15.6. The van der Waals surface area contributed by atoms with E-state index in [1.165, 1.54) is 0 Å². The van der Waals surface area contributed by atoms with E-state index in [-0.39, 0.29) is 11.7 Å². The van der Waals surface area contributed by atoms with Gasteiger partial charge in [-0.1, -0.05) is 18.2 Å². The van der Waals surface area contributed by atoms with Gasteiger partial charge in [-0.3, -0.25) is 9.36 Å². The Balaban J connectivity index is 1.77. The summed E-state index contributed by atoms with van der Waals surface area (Å²) in [5.74, 6) is 1.12. The number of aryl methyl sites for hydroxylation is 1. The third-order valence-electron chi connectivity index (χ3n) is 4.78. The van der Waals surface area contributed by atoms with Crippen molar-refractivity contribution in [3.63, 3.8) is 0 Å². The van der Waals surface area contributed by atoms with E-state index in [2.05, 4.69) is 10.3 Å². The summed E-state index contributed by atoms with van der Waals surface area (Å²) >= 11 is 0. The summed E-state index contributed by atoms with van der Waals surface area (Å²) in [6.45, 7) is 0.510. The lowest BCUT2D eigenvalue weighted by Crippen LogP contribution is -2.29. The molecular formula is C21H19N3O4. The number of fused-ring (bicyclic) bond motifs is 3. The van der Waals surface area contributed by atoms with Crippen LogP contribution < -0.4 is 20.5 Å². The summed E-state index contributed by atoms with van der Waals surface area (Å²) < 4.78 is 12.4. The summed E-state index contributed by atoms with van der Waals surface area (Å²) in [6.07, 6.45) is 0.681. The molecular weight excluding hydrogens is 358 g/mol. The van der Waals surface area contributed by atoms with Gasteiger partial charge in [-0.05, 0) is 36.2 Å². The van der Waals surface area contributed by atoms with Gasteiger partial charge in [0, 0.05) is 23.7 Å². The monoisotopic (exact) mass is 377 g/mol. The van der Waals surface area contributed by atoms with Crippen molar-refractivity contribution >= 4 is 11.7 Å². The highest BCUT2D eigenvalue weighted by Gasteiger charge is 2.22. The molecule has 1 aliphatic heterocycles. The topological polar surface area (TPSA) is 82.5 Å². The fourth-order valence-corrected chi connectivity index (χ4v) is 3.39. The predicted octanol–water partition coefficient (Wildman–Crippen LogP) is 2.74. The molecule has 0 atom stereocenters. The highest BCUT2D eigenvalue weighted by Crippen LogP contribution is 2.38. The lowest BCUT2D eigenvalue weighted by Gasteiger charge is -2.23. The molecule has 28 heavy (non-hydrogen) atoms. The molecule has 0 saturated heterocycles. The first-order valence-electron chi connectivity index (χ1n) is 8.84. The number of methoxy groups -OCH3 is 2. The molecule has 2 aromatic carbocycles. The van der Waals surface area contributed by atoms with E-state index < -0.39 is 5.69 Å². The Kier molecular flexibility index (Phi) is 4.57. The Labute approximate surface area is 161 Å². The van der Waals surface area contributed by atoms with Crippen molar-refractivity contribution < 1.29 is 14.3 Å². The number of carbonyl (C=O) groups is 1. The number of nitrogens with zero attached hydrogens (tertiary/aromatic N) is 2. The van der Waals surface area contributed by atoms with Crippen molar-refractivity contribution in [2.24, 2.45) is 0 Å². The van der Waals surface area contributed by atoms with Crippen LogP contribution in [0, 0.1) is 0 Å². The average Bonchev–Trinajstić information content (AvgIpc) is 2.73. The first kappa shape index (κ1) is 17.8. The van der Waals surface area contributed by atoms with Gasteiger partial charge in [0.25, 0.3) is 5.91 Å². The van der Waals surface area contributed by atoms with Crippen LogP contribution in [0.15, 0.2) is 53.3 Å². The maximum atomic E-state index is 12.5. The van der Waals surface area contributed by atoms with Crippen molar-refractivity contribution in [2.75, 3.05) is 19.5 Å². The van der Waals surface area contributed by atoms with E-state index in [0.717, 1.165) is 11.1 Å². The third-order valence-corrected chi connectivity index (χ3v) is 4.78. The van der Waals surface area contributed by atoms with Crippen molar-refractivity contribution in [1.82, 2.24) is 9.55 Å². The number of rotatable bonds is 4. The zero-order chi connectivity index (χ0) is 19.7. The molecule has 1 aliphatic rings. The summed E-state index contributed by atoms with van der Waals surface area (Å²) in [7, 11) is 3.16. The number of amides is 1. The Morgan fingerprint density at radius 3 is 2.50 bits per heavy atom. The smallest absolute Gasteiger partial charge is 0.350 e. The quantitative estimate of drug-likeness (QED) is 0.756. The molecule has 3 aromatic rings. The molecule has 1 aromatic heterocycles. The minimum atomic E-state index is -0.402. The van der Waals surface area contributed by atoms with Crippen LogP contribution in [-0.4, -0.2) is 29.7 Å². The molecule has 0 aliphatic carbocycles. The highest BCUT2D eigenvalue weighted by atomic mass is 16.5. The third kappa shape index (κ3) is 3.11. The molecule has 0 fully saturated rings. The van der Waals surface area contributed by atoms with Gasteiger partial charge in [0.1, 0.15) is 5.82 Å². The molecule has 2 heterocycles. The van der Waals surface area contributed by atoms with Crippen LogP contribution in [0.4, 0.5) is 5.82 Å². The lowest BCUT2D eigenvalue weighted by atomic mass is 9.97. The van der Waals surface area contributed by atoms with Gasteiger partial charge in [0.05, 0.1) is 19.9 Å². The van der Waals surface area contributed by atoms with Crippen molar-refractivity contribution in [3.05, 3.63) is 70.1 Å². The number of aromatic nitrogens is 2. The molecule has 0 bridgehead atoms. The first-order chi connectivity index (χ1) is 13.6. The Morgan fingerprint density at radius 1 is 1.07 bits per heavy atom. The maximum absolute atomic E-state index is 12.5. The van der Waals surface area contributed by atoms with E-state index in [9.17, 15) is 9.59 Å². The number of anilines is 1. The minimum Gasteiger partial charge on any atom is -0.493 e. The Morgan fingerprint density at radius 2 is 1.79 bits per heavy atom. The first-order valence-corrected chi connectivity index (χ1v) is 8.84.